The normalized spacial score (nSPS) is 12.0. The van der Waals surface area contributed by atoms with E-state index >= 15 is 0 Å². The van der Waals surface area contributed by atoms with Gasteiger partial charge in [0.05, 0.1) is 18.2 Å². The largest absolute Gasteiger partial charge is 0.382 e. The van der Waals surface area contributed by atoms with E-state index in [1.807, 2.05) is 32.4 Å². The molecule has 2 rings (SSSR count). The van der Waals surface area contributed by atoms with E-state index < -0.39 is 0 Å². The van der Waals surface area contributed by atoms with Crippen LogP contribution in [0.25, 0.3) is 11.4 Å². The van der Waals surface area contributed by atoms with Crippen LogP contribution >= 0.6 is 0 Å². The van der Waals surface area contributed by atoms with Crippen molar-refractivity contribution in [2.45, 2.75) is 26.2 Å². The Labute approximate surface area is 100 Å². The second-order valence-electron chi connectivity index (χ2n) is 5.18. The first-order valence-electron chi connectivity index (χ1n) is 5.43. The summed E-state index contributed by atoms with van der Waals surface area (Å²) in [6.07, 6.45) is 3.44. The molecule has 6 heteroatoms. The van der Waals surface area contributed by atoms with Crippen molar-refractivity contribution in [1.82, 2.24) is 19.2 Å². The van der Waals surface area contributed by atoms with Crippen molar-refractivity contribution in [1.29, 1.82) is 0 Å². The van der Waals surface area contributed by atoms with E-state index in [1.54, 1.807) is 12.5 Å². The fourth-order valence-corrected chi connectivity index (χ4v) is 1.75. The molecule has 0 aliphatic rings. The minimum absolute atomic E-state index is 0.153. The molecule has 4 N–H and O–H groups in total. The van der Waals surface area contributed by atoms with E-state index in [0.717, 1.165) is 11.5 Å². The average Bonchev–Trinajstić information content (AvgIpc) is 2.73. The molecule has 2 heterocycles. The van der Waals surface area contributed by atoms with Gasteiger partial charge in [-0.2, -0.15) is 0 Å². The second-order valence-corrected chi connectivity index (χ2v) is 5.18. The van der Waals surface area contributed by atoms with Gasteiger partial charge in [0.1, 0.15) is 11.5 Å². The molecule has 0 fully saturated rings. The molecular weight excluding hydrogens is 216 g/mol. The lowest BCUT2D eigenvalue weighted by Gasteiger charge is -2.17. The topological polar surface area (TPSA) is 87.7 Å². The molecule has 0 saturated heterocycles. The number of aromatic nitrogens is 4. The van der Waals surface area contributed by atoms with Gasteiger partial charge < -0.3 is 16.1 Å². The second kappa shape index (κ2) is 3.51. The van der Waals surface area contributed by atoms with Gasteiger partial charge in [-0.1, -0.05) is 20.8 Å². The molecule has 0 bridgehead atoms. The van der Waals surface area contributed by atoms with Gasteiger partial charge in [-0.3, -0.25) is 0 Å². The number of imidazole rings is 2. The van der Waals surface area contributed by atoms with Crippen molar-refractivity contribution in [2.24, 2.45) is 7.05 Å². The molecule has 0 spiro atoms. The maximum Gasteiger partial charge on any atom is 0.152 e. The van der Waals surface area contributed by atoms with Gasteiger partial charge >= 0.3 is 0 Å². The molecule has 92 valence electrons. The highest BCUT2D eigenvalue weighted by molar-refractivity contribution is 5.68. The monoisotopic (exact) mass is 234 g/mol. The first kappa shape index (κ1) is 11.5. The van der Waals surface area contributed by atoms with Crippen LogP contribution < -0.4 is 11.6 Å². The third-order valence-electron chi connectivity index (χ3n) is 2.68. The van der Waals surface area contributed by atoms with Crippen molar-refractivity contribution in [2.75, 3.05) is 11.6 Å². The Morgan fingerprint density at radius 3 is 2.35 bits per heavy atom. The molecule has 0 atom stereocenters. The lowest BCUT2D eigenvalue weighted by molar-refractivity contribution is 0.532. The predicted molar refractivity (Wildman–Crippen MR) is 67.7 cm³/mol. The quantitative estimate of drug-likeness (QED) is 0.717. The zero-order valence-electron chi connectivity index (χ0n) is 10.6. The Morgan fingerprint density at radius 1 is 1.29 bits per heavy atom. The highest BCUT2D eigenvalue weighted by Crippen LogP contribution is 2.29. The van der Waals surface area contributed by atoms with Crippen molar-refractivity contribution in [3.05, 3.63) is 18.3 Å². The predicted octanol–water partition coefficient (Wildman–Crippen LogP) is 0.877. The number of rotatable bonds is 1. The lowest BCUT2D eigenvalue weighted by atomic mass is 9.96. The van der Waals surface area contributed by atoms with E-state index in [0.29, 0.717) is 11.5 Å². The van der Waals surface area contributed by atoms with E-state index in [2.05, 4.69) is 9.97 Å². The summed E-state index contributed by atoms with van der Waals surface area (Å²) < 4.78 is 3.31. The van der Waals surface area contributed by atoms with Crippen LogP contribution in [0.1, 0.15) is 26.6 Å². The maximum atomic E-state index is 5.99. The molecule has 0 amide bonds. The third kappa shape index (κ3) is 1.75. The number of hydrogen-bond acceptors (Lipinski definition) is 4. The van der Waals surface area contributed by atoms with Gasteiger partial charge in [0.25, 0.3) is 0 Å². The fourth-order valence-electron chi connectivity index (χ4n) is 1.75. The van der Waals surface area contributed by atoms with Crippen molar-refractivity contribution in [3.63, 3.8) is 0 Å². The molecule has 0 radical (unpaired) electrons. The molecular formula is C11H18N6. The Balaban J connectivity index is 2.63. The van der Waals surface area contributed by atoms with Crippen LogP contribution in [0.2, 0.25) is 0 Å². The SMILES string of the molecule is Cn1cncc1-c1nc(C(C)(C)C)n(N)c1N. The Hall–Kier alpha value is -1.98. The fraction of sp³-hybridized carbons (Fsp3) is 0.455. The van der Waals surface area contributed by atoms with Crippen LogP contribution in [0.4, 0.5) is 5.82 Å². The van der Waals surface area contributed by atoms with Crippen LogP contribution in [-0.4, -0.2) is 19.2 Å². The van der Waals surface area contributed by atoms with Crippen LogP contribution in [0, 0.1) is 0 Å². The third-order valence-corrected chi connectivity index (χ3v) is 2.68. The first-order chi connectivity index (χ1) is 7.82. The minimum atomic E-state index is -0.153. The van der Waals surface area contributed by atoms with Gasteiger partial charge in [-0.15, -0.1) is 0 Å². The number of nitrogen functional groups attached to an aromatic ring is 2. The summed E-state index contributed by atoms with van der Waals surface area (Å²) in [5.41, 5.74) is 7.38. The summed E-state index contributed by atoms with van der Waals surface area (Å²) >= 11 is 0. The molecule has 2 aromatic rings. The van der Waals surface area contributed by atoms with E-state index in [9.17, 15) is 0 Å². The summed E-state index contributed by atoms with van der Waals surface area (Å²) in [5.74, 6) is 7.16. The van der Waals surface area contributed by atoms with Gasteiger partial charge in [-0.05, 0) is 0 Å². The minimum Gasteiger partial charge on any atom is -0.382 e. The average molecular weight is 234 g/mol. The molecule has 0 aliphatic heterocycles. The molecule has 0 aliphatic carbocycles. The lowest BCUT2D eigenvalue weighted by Crippen LogP contribution is -2.24. The summed E-state index contributed by atoms with van der Waals surface area (Å²) in [7, 11) is 1.90. The molecule has 0 saturated carbocycles. The maximum absolute atomic E-state index is 5.99. The highest BCUT2D eigenvalue weighted by Gasteiger charge is 2.25. The molecule has 0 aromatic carbocycles. The Bertz CT molecular complexity index is 543. The smallest absolute Gasteiger partial charge is 0.152 e. The molecule has 2 aromatic heterocycles. The number of nitrogens with two attached hydrogens (primary N) is 2. The number of aryl methyl sites for hydroxylation is 1. The summed E-state index contributed by atoms with van der Waals surface area (Å²) in [6.45, 7) is 6.14. The Kier molecular flexibility index (Phi) is 2.38. The van der Waals surface area contributed by atoms with Crippen LogP contribution in [0.15, 0.2) is 12.5 Å². The van der Waals surface area contributed by atoms with Crippen LogP contribution in [-0.2, 0) is 12.5 Å². The summed E-state index contributed by atoms with van der Waals surface area (Å²) in [5, 5.41) is 0. The van der Waals surface area contributed by atoms with E-state index in [4.69, 9.17) is 11.6 Å². The molecule has 6 nitrogen and oxygen atoms in total. The number of nitrogens with zero attached hydrogens (tertiary/aromatic N) is 4. The van der Waals surface area contributed by atoms with Gasteiger partial charge in [0, 0.05) is 12.5 Å². The highest BCUT2D eigenvalue weighted by atomic mass is 15.4. The Morgan fingerprint density at radius 2 is 1.94 bits per heavy atom. The van der Waals surface area contributed by atoms with Gasteiger partial charge in [0.15, 0.2) is 5.82 Å². The summed E-state index contributed by atoms with van der Waals surface area (Å²) in [6, 6.07) is 0. The first-order valence-corrected chi connectivity index (χ1v) is 5.43. The van der Waals surface area contributed by atoms with Gasteiger partial charge in [0.2, 0.25) is 0 Å². The van der Waals surface area contributed by atoms with E-state index in [1.165, 1.54) is 4.68 Å². The van der Waals surface area contributed by atoms with Gasteiger partial charge in [-0.25, -0.2) is 14.6 Å². The molecule has 0 unspecified atom stereocenters. The van der Waals surface area contributed by atoms with E-state index in [-0.39, 0.29) is 5.41 Å². The van der Waals surface area contributed by atoms with Crippen molar-refractivity contribution in [3.8, 4) is 11.4 Å². The van der Waals surface area contributed by atoms with Crippen LogP contribution in [0.5, 0.6) is 0 Å². The number of anilines is 1. The van der Waals surface area contributed by atoms with Crippen LogP contribution in [0.3, 0.4) is 0 Å². The standard InChI is InChI=1S/C11H18N6/c1-11(2,3)10-15-8(9(12)17(10)13)7-5-14-6-16(7)4/h5-6H,12-13H2,1-4H3. The van der Waals surface area contributed by atoms with Crippen molar-refractivity contribution >= 4 is 5.82 Å². The molecule has 17 heavy (non-hydrogen) atoms. The summed E-state index contributed by atoms with van der Waals surface area (Å²) in [4.78, 5) is 8.59. The van der Waals surface area contributed by atoms with Crippen molar-refractivity contribution < 1.29 is 0 Å². The zero-order valence-corrected chi connectivity index (χ0v) is 10.6. The number of hydrogen-bond donors (Lipinski definition) is 2. The zero-order chi connectivity index (χ0) is 12.8.